The van der Waals surface area contributed by atoms with Gasteiger partial charge < -0.3 is 16.0 Å². The van der Waals surface area contributed by atoms with Gasteiger partial charge in [0.05, 0.1) is 6.04 Å². The monoisotopic (exact) mass is 247 g/mol. The number of nitrogens with zero attached hydrogens (tertiary/aromatic N) is 1. The molecule has 1 atom stereocenters. The SMILES string of the molecule is CC(NCc1ccc(N2CCCC2)cc1)C(N)=O. The predicted molar refractivity (Wildman–Crippen MR) is 73.4 cm³/mol. The summed E-state index contributed by atoms with van der Waals surface area (Å²) in [6.07, 6.45) is 2.58. The van der Waals surface area contributed by atoms with Gasteiger partial charge in [-0.2, -0.15) is 0 Å². The molecule has 1 aliphatic heterocycles. The minimum Gasteiger partial charge on any atom is -0.372 e. The van der Waals surface area contributed by atoms with Gasteiger partial charge in [-0.3, -0.25) is 4.79 Å². The van der Waals surface area contributed by atoms with Crippen LogP contribution in [0.3, 0.4) is 0 Å². The van der Waals surface area contributed by atoms with Crippen LogP contribution in [0.1, 0.15) is 25.3 Å². The third-order valence-electron chi connectivity index (χ3n) is 3.45. The summed E-state index contributed by atoms with van der Waals surface area (Å²) >= 11 is 0. The van der Waals surface area contributed by atoms with Crippen LogP contribution >= 0.6 is 0 Å². The second-order valence-corrected chi connectivity index (χ2v) is 4.87. The molecule has 1 fully saturated rings. The lowest BCUT2D eigenvalue weighted by molar-refractivity contribution is -0.119. The number of carbonyl (C=O) groups excluding carboxylic acids is 1. The molecule has 0 bridgehead atoms. The Hall–Kier alpha value is -1.55. The van der Waals surface area contributed by atoms with E-state index in [1.807, 2.05) is 0 Å². The molecular formula is C14H21N3O. The first kappa shape index (κ1) is 12.9. The maximum absolute atomic E-state index is 10.9. The lowest BCUT2D eigenvalue weighted by Crippen LogP contribution is -2.38. The normalized spacial score (nSPS) is 16.8. The Morgan fingerprint density at radius 2 is 1.94 bits per heavy atom. The molecule has 1 amide bonds. The molecule has 4 heteroatoms. The number of hydrogen-bond acceptors (Lipinski definition) is 3. The quantitative estimate of drug-likeness (QED) is 0.823. The van der Waals surface area contributed by atoms with Gasteiger partial charge in [-0.25, -0.2) is 0 Å². The second-order valence-electron chi connectivity index (χ2n) is 4.87. The number of amides is 1. The Morgan fingerprint density at radius 3 is 2.50 bits per heavy atom. The van der Waals surface area contributed by atoms with Crippen molar-refractivity contribution >= 4 is 11.6 Å². The third-order valence-corrected chi connectivity index (χ3v) is 3.45. The predicted octanol–water partition coefficient (Wildman–Crippen LogP) is 1.25. The van der Waals surface area contributed by atoms with Gasteiger partial charge in [0, 0.05) is 25.3 Å². The molecule has 0 spiro atoms. The summed E-state index contributed by atoms with van der Waals surface area (Å²) in [5.74, 6) is -0.316. The summed E-state index contributed by atoms with van der Waals surface area (Å²) in [6, 6.07) is 8.22. The van der Waals surface area contributed by atoms with Crippen molar-refractivity contribution in [2.24, 2.45) is 5.73 Å². The van der Waals surface area contributed by atoms with Gasteiger partial charge in [0.1, 0.15) is 0 Å². The zero-order chi connectivity index (χ0) is 13.0. The van der Waals surface area contributed by atoms with Gasteiger partial charge >= 0.3 is 0 Å². The Labute approximate surface area is 108 Å². The molecule has 1 unspecified atom stereocenters. The van der Waals surface area contributed by atoms with E-state index in [4.69, 9.17) is 5.73 Å². The smallest absolute Gasteiger partial charge is 0.234 e. The summed E-state index contributed by atoms with van der Waals surface area (Å²) in [7, 11) is 0. The van der Waals surface area contributed by atoms with Crippen LogP contribution in [0.5, 0.6) is 0 Å². The molecule has 0 radical (unpaired) electrons. The molecule has 18 heavy (non-hydrogen) atoms. The van der Waals surface area contributed by atoms with Gasteiger partial charge in [0.25, 0.3) is 0 Å². The first-order valence-electron chi connectivity index (χ1n) is 6.53. The highest BCUT2D eigenvalue weighted by Crippen LogP contribution is 2.20. The van der Waals surface area contributed by atoms with Crippen molar-refractivity contribution in [3.8, 4) is 0 Å². The third kappa shape index (κ3) is 3.23. The highest BCUT2D eigenvalue weighted by Gasteiger charge is 2.12. The number of carbonyl (C=O) groups is 1. The summed E-state index contributed by atoms with van der Waals surface area (Å²) in [5.41, 5.74) is 7.66. The summed E-state index contributed by atoms with van der Waals surface area (Å²) in [4.78, 5) is 13.3. The molecule has 0 saturated carbocycles. The number of benzene rings is 1. The van der Waals surface area contributed by atoms with Crippen molar-refractivity contribution in [2.75, 3.05) is 18.0 Å². The van der Waals surface area contributed by atoms with E-state index in [1.54, 1.807) is 6.92 Å². The Bertz CT molecular complexity index is 396. The standard InChI is InChI=1S/C14H21N3O/c1-11(14(15)18)16-10-12-4-6-13(7-5-12)17-8-2-3-9-17/h4-7,11,16H,2-3,8-10H2,1H3,(H2,15,18). The first-order valence-corrected chi connectivity index (χ1v) is 6.53. The maximum Gasteiger partial charge on any atom is 0.234 e. The topological polar surface area (TPSA) is 58.4 Å². The summed E-state index contributed by atoms with van der Waals surface area (Å²) in [5, 5.41) is 3.10. The molecule has 0 aliphatic carbocycles. The van der Waals surface area contributed by atoms with Crippen LogP contribution in [-0.2, 0) is 11.3 Å². The van der Waals surface area contributed by atoms with E-state index in [9.17, 15) is 4.79 Å². The molecule has 1 aliphatic rings. The Balaban J connectivity index is 1.89. The van der Waals surface area contributed by atoms with Gasteiger partial charge in [-0.15, -0.1) is 0 Å². The van der Waals surface area contributed by atoms with Crippen LogP contribution in [0.15, 0.2) is 24.3 Å². The van der Waals surface area contributed by atoms with Crippen LogP contribution < -0.4 is 16.0 Å². The highest BCUT2D eigenvalue weighted by molar-refractivity contribution is 5.79. The van der Waals surface area contributed by atoms with Gasteiger partial charge in [-0.05, 0) is 37.5 Å². The maximum atomic E-state index is 10.9. The van der Waals surface area contributed by atoms with E-state index in [2.05, 4.69) is 34.5 Å². The number of hydrogen-bond donors (Lipinski definition) is 2. The van der Waals surface area contributed by atoms with Crippen LogP contribution in [0.25, 0.3) is 0 Å². The number of nitrogens with two attached hydrogens (primary N) is 1. The van der Waals surface area contributed by atoms with Crippen molar-refractivity contribution in [1.82, 2.24) is 5.32 Å². The molecule has 1 heterocycles. The Kier molecular flexibility index (Phi) is 4.20. The number of primary amides is 1. The van der Waals surface area contributed by atoms with E-state index in [1.165, 1.54) is 24.1 Å². The zero-order valence-electron chi connectivity index (χ0n) is 10.9. The van der Waals surface area contributed by atoms with E-state index in [-0.39, 0.29) is 11.9 Å². The lowest BCUT2D eigenvalue weighted by atomic mass is 10.2. The van der Waals surface area contributed by atoms with Crippen LogP contribution in [-0.4, -0.2) is 25.0 Å². The summed E-state index contributed by atoms with van der Waals surface area (Å²) < 4.78 is 0. The lowest BCUT2D eigenvalue weighted by Gasteiger charge is -2.18. The van der Waals surface area contributed by atoms with Crippen molar-refractivity contribution in [2.45, 2.75) is 32.4 Å². The molecule has 2 rings (SSSR count). The number of nitrogens with one attached hydrogen (secondary N) is 1. The molecular weight excluding hydrogens is 226 g/mol. The fourth-order valence-corrected chi connectivity index (χ4v) is 2.17. The molecule has 98 valence electrons. The van der Waals surface area contributed by atoms with Crippen LogP contribution in [0.4, 0.5) is 5.69 Å². The molecule has 0 aromatic heterocycles. The van der Waals surface area contributed by atoms with Gasteiger partial charge in [0.15, 0.2) is 0 Å². The Morgan fingerprint density at radius 1 is 1.33 bits per heavy atom. The average molecular weight is 247 g/mol. The van der Waals surface area contributed by atoms with E-state index in [0.29, 0.717) is 6.54 Å². The fraction of sp³-hybridized carbons (Fsp3) is 0.500. The average Bonchev–Trinajstić information content (AvgIpc) is 2.90. The minimum atomic E-state index is -0.316. The number of rotatable bonds is 5. The molecule has 1 aromatic rings. The van der Waals surface area contributed by atoms with Gasteiger partial charge in [0.2, 0.25) is 5.91 Å². The van der Waals surface area contributed by atoms with Crippen molar-refractivity contribution in [3.63, 3.8) is 0 Å². The van der Waals surface area contributed by atoms with E-state index < -0.39 is 0 Å². The molecule has 1 aromatic carbocycles. The zero-order valence-corrected chi connectivity index (χ0v) is 10.9. The van der Waals surface area contributed by atoms with Crippen molar-refractivity contribution < 1.29 is 4.79 Å². The first-order chi connectivity index (χ1) is 8.66. The van der Waals surface area contributed by atoms with E-state index in [0.717, 1.165) is 13.1 Å². The highest BCUT2D eigenvalue weighted by atomic mass is 16.1. The van der Waals surface area contributed by atoms with Crippen molar-refractivity contribution in [3.05, 3.63) is 29.8 Å². The van der Waals surface area contributed by atoms with E-state index >= 15 is 0 Å². The second kappa shape index (κ2) is 5.87. The number of anilines is 1. The van der Waals surface area contributed by atoms with Crippen LogP contribution in [0, 0.1) is 0 Å². The largest absolute Gasteiger partial charge is 0.372 e. The molecule has 1 saturated heterocycles. The van der Waals surface area contributed by atoms with Crippen LogP contribution in [0.2, 0.25) is 0 Å². The van der Waals surface area contributed by atoms with Gasteiger partial charge in [-0.1, -0.05) is 12.1 Å². The minimum absolute atomic E-state index is 0.289. The molecule has 4 nitrogen and oxygen atoms in total. The molecule has 3 N–H and O–H groups in total. The van der Waals surface area contributed by atoms with Crippen molar-refractivity contribution in [1.29, 1.82) is 0 Å². The summed E-state index contributed by atoms with van der Waals surface area (Å²) in [6.45, 7) is 4.78. The fourth-order valence-electron chi connectivity index (χ4n) is 2.17.